The van der Waals surface area contributed by atoms with E-state index in [1.165, 1.54) is 0 Å². The fourth-order valence-electron chi connectivity index (χ4n) is 2.68. The number of rotatable bonds is 6. The fraction of sp³-hybridized carbons (Fsp3) is 0.800. The van der Waals surface area contributed by atoms with E-state index in [4.69, 9.17) is 0 Å². The summed E-state index contributed by atoms with van der Waals surface area (Å²) < 4.78 is 25.5. The smallest absolute Gasteiger partial charge is 0.193 e. The van der Waals surface area contributed by atoms with E-state index in [1.807, 2.05) is 11.5 Å². The van der Waals surface area contributed by atoms with Crippen LogP contribution in [0.3, 0.4) is 0 Å². The molecule has 2 rings (SSSR count). The van der Waals surface area contributed by atoms with Crippen LogP contribution in [-0.4, -0.2) is 70.7 Å². The van der Waals surface area contributed by atoms with Crippen LogP contribution in [0.25, 0.3) is 0 Å². The van der Waals surface area contributed by atoms with Gasteiger partial charge in [0.1, 0.15) is 12.7 Å². The Morgan fingerprint density at radius 3 is 2.56 bits per heavy atom. The number of nitrogens with zero attached hydrogens (tertiary/aromatic N) is 5. The highest BCUT2D eigenvalue weighted by Gasteiger charge is 2.40. The maximum atomic E-state index is 12.1. The van der Waals surface area contributed by atoms with Gasteiger partial charge in [0.05, 0.1) is 10.5 Å². The molecule has 25 heavy (non-hydrogen) atoms. The van der Waals surface area contributed by atoms with Gasteiger partial charge in [-0.25, -0.2) is 8.42 Å². The lowest BCUT2D eigenvalue weighted by Crippen LogP contribution is -2.57. The van der Waals surface area contributed by atoms with E-state index in [0.717, 1.165) is 31.9 Å². The van der Waals surface area contributed by atoms with Crippen molar-refractivity contribution >= 4 is 39.8 Å². The molecule has 1 aliphatic heterocycles. The van der Waals surface area contributed by atoms with Gasteiger partial charge in [0.2, 0.25) is 0 Å². The average Bonchev–Trinajstić information content (AvgIpc) is 3.02. The maximum absolute atomic E-state index is 12.1. The van der Waals surface area contributed by atoms with Crippen molar-refractivity contribution in [2.45, 2.75) is 44.9 Å². The Hall–Kier alpha value is -0.910. The Morgan fingerprint density at radius 1 is 1.28 bits per heavy atom. The molecule has 1 fully saturated rings. The van der Waals surface area contributed by atoms with Crippen LogP contribution in [0.5, 0.6) is 0 Å². The highest BCUT2D eigenvalue weighted by atomic mass is 127. The molecular weight excluding hydrogens is 455 g/mol. The Kier molecular flexibility index (Phi) is 8.58. The maximum Gasteiger partial charge on any atom is 0.193 e. The summed E-state index contributed by atoms with van der Waals surface area (Å²) in [5.41, 5.74) is 0. The number of aryl methyl sites for hydroxylation is 1. The number of guanidine groups is 1. The number of hydrogen-bond donors (Lipinski definition) is 1. The second kappa shape index (κ2) is 9.70. The molecule has 1 N–H and O–H groups in total. The van der Waals surface area contributed by atoms with Crippen molar-refractivity contribution in [2.24, 2.45) is 4.99 Å². The van der Waals surface area contributed by atoms with E-state index in [1.54, 1.807) is 26.5 Å². The quantitative estimate of drug-likeness (QED) is 0.282. The van der Waals surface area contributed by atoms with Gasteiger partial charge < -0.3 is 14.8 Å². The molecule has 0 spiro atoms. The van der Waals surface area contributed by atoms with Crippen molar-refractivity contribution in [1.29, 1.82) is 0 Å². The molecule has 1 aromatic heterocycles. The predicted octanol–water partition coefficient (Wildman–Crippen LogP) is 1.15. The lowest BCUT2D eigenvalue weighted by Gasteiger charge is -2.39. The standard InChI is InChI=1S/C15H28N6O2S.HI/c1-4-16-14(17-7-5-6-8-20-12-18-19-13-20)21-9-10-24(22,23)15(2,3)11-21;/h12-13H,4-11H2,1-3H3,(H,16,17);1H. The SMILES string of the molecule is CCNC(=NCCCCn1cnnc1)N1CCS(=O)(=O)C(C)(C)C1.I. The van der Waals surface area contributed by atoms with Gasteiger partial charge in [-0.1, -0.05) is 0 Å². The van der Waals surface area contributed by atoms with E-state index in [9.17, 15) is 8.42 Å². The van der Waals surface area contributed by atoms with Gasteiger partial charge in [-0.05, 0) is 33.6 Å². The van der Waals surface area contributed by atoms with Crippen molar-refractivity contribution in [2.75, 3.05) is 31.9 Å². The highest BCUT2D eigenvalue weighted by Crippen LogP contribution is 2.23. The minimum atomic E-state index is -3.04. The number of unbranched alkanes of at least 4 members (excludes halogenated alkanes) is 1. The number of aromatic nitrogens is 3. The molecule has 1 saturated heterocycles. The van der Waals surface area contributed by atoms with Crippen molar-refractivity contribution < 1.29 is 8.42 Å². The summed E-state index contributed by atoms with van der Waals surface area (Å²) in [4.78, 5) is 6.73. The van der Waals surface area contributed by atoms with Crippen LogP contribution in [0.15, 0.2) is 17.6 Å². The first-order valence-corrected chi connectivity index (χ1v) is 10.1. The van der Waals surface area contributed by atoms with Gasteiger partial charge in [0, 0.05) is 32.7 Å². The zero-order chi connectivity index (χ0) is 17.6. The molecule has 0 saturated carbocycles. The van der Waals surface area contributed by atoms with Crippen LogP contribution in [-0.2, 0) is 16.4 Å². The summed E-state index contributed by atoms with van der Waals surface area (Å²) in [5, 5.41) is 10.8. The van der Waals surface area contributed by atoms with Crippen molar-refractivity contribution in [1.82, 2.24) is 25.0 Å². The van der Waals surface area contributed by atoms with E-state index in [-0.39, 0.29) is 29.7 Å². The highest BCUT2D eigenvalue weighted by molar-refractivity contribution is 14.0. The second-order valence-electron chi connectivity index (χ2n) is 6.64. The number of hydrogen-bond acceptors (Lipinski definition) is 5. The molecule has 0 radical (unpaired) electrons. The fourth-order valence-corrected chi connectivity index (χ4v) is 4.04. The predicted molar refractivity (Wildman–Crippen MR) is 110 cm³/mol. The summed E-state index contributed by atoms with van der Waals surface area (Å²) in [6, 6.07) is 0. The molecular formula is C15H29IN6O2S. The zero-order valence-corrected chi connectivity index (χ0v) is 18.3. The zero-order valence-electron chi connectivity index (χ0n) is 15.2. The van der Waals surface area contributed by atoms with Crippen LogP contribution < -0.4 is 5.32 Å². The minimum absolute atomic E-state index is 0. The minimum Gasteiger partial charge on any atom is -0.357 e. The van der Waals surface area contributed by atoms with Crippen molar-refractivity contribution in [3.05, 3.63) is 12.7 Å². The summed E-state index contributed by atoms with van der Waals surface area (Å²) >= 11 is 0. The first-order valence-electron chi connectivity index (χ1n) is 8.44. The molecule has 0 aliphatic carbocycles. The van der Waals surface area contributed by atoms with E-state index in [2.05, 4.69) is 25.4 Å². The topological polar surface area (TPSA) is 92.5 Å². The molecule has 1 aliphatic rings. The van der Waals surface area contributed by atoms with Crippen LogP contribution in [0.2, 0.25) is 0 Å². The second-order valence-corrected chi connectivity index (χ2v) is 9.39. The van der Waals surface area contributed by atoms with Gasteiger partial charge in [0.25, 0.3) is 0 Å². The number of sulfone groups is 1. The van der Waals surface area contributed by atoms with E-state index < -0.39 is 14.6 Å². The molecule has 0 unspecified atom stereocenters. The summed E-state index contributed by atoms with van der Waals surface area (Å²) in [5.74, 6) is 0.989. The molecule has 8 nitrogen and oxygen atoms in total. The molecule has 2 heterocycles. The Balaban J connectivity index is 0.00000312. The summed E-state index contributed by atoms with van der Waals surface area (Å²) in [6.07, 6.45) is 5.39. The van der Waals surface area contributed by atoms with Gasteiger partial charge in [-0.15, -0.1) is 34.2 Å². The summed E-state index contributed by atoms with van der Waals surface area (Å²) in [6.45, 7) is 8.94. The first kappa shape index (κ1) is 22.1. The number of halogens is 1. The third kappa shape index (κ3) is 6.08. The molecule has 0 aromatic carbocycles. The third-order valence-electron chi connectivity index (χ3n) is 4.23. The molecule has 1 aromatic rings. The van der Waals surface area contributed by atoms with Crippen LogP contribution in [0.4, 0.5) is 0 Å². The largest absolute Gasteiger partial charge is 0.357 e. The van der Waals surface area contributed by atoms with Gasteiger partial charge in [0.15, 0.2) is 15.8 Å². The molecule has 0 amide bonds. The number of aliphatic imine (C=N–C) groups is 1. The third-order valence-corrected chi connectivity index (χ3v) is 6.76. The van der Waals surface area contributed by atoms with Gasteiger partial charge in [-0.2, -0.15) is 0 Å². The Labute approximate surface area is 167 Å². The molecule has 0 atom stereocenters. The average molecular weight is 484 g/mol. The summed E-state index contributed by atoms with van der Waals surface area (Å²) in [7, 11) is -3.04. The lowest BCUT2D eigenvalue weighted by molar-refractivity contribution is 0.353. The van der Waals surface area contributed by atoms with Crippen molar-refractivity contribution in [3.63, 3.8) is 0 Å². The monoisotopic (exact) mass is 484 g/mol. The first-order chi connectivity index (χ1) is 11.4. The lowest BCUT2D eigenvalue weighted by atomic mass is 10.2. The van der Waals surface area contributed by atoms with E-state index >= 15 is 0 Å². The number of nitrogens with one attached hydrogen (secondary N) is 1. The van der Waals surface area contributed by atoms with Gasteiger partial charge >= 0.3 is 0 Å². The molecule has 0 bridgehead atoms. The molecule has 144 valence electrons. The van der Waals surface area contributed by atoms with Crippen LogP contribution in [0.1, 0.15) is 33.6 Å². The van der Waals surface area contributed by atoms with Crippen LogP contribution in [0, 0.1) is 0 Å². The van der Waals surface area contributed by atoms with Crippen LogP contribution >= 0.6 is 24.0 Å². The van der Waals surface area contributed by atoms with E-state index in [0.29, 0.717) is 19.6 Å². The van der Waals surface area contributed by atoms with Crippen molar-refractivity contribution in [3.8, 4) is 0 Å². The molecule has 10 heteroatoms. The van der Waals surface area contributed by atoms with Gasteiger partial charge in [-0.3, -0.25) is 4.99 Å². The Morgan fingerprint density at radius 2 is 1.96 bits per heavy atom. The Bertz CT molecular complexity index is 645. The normalized spacial score (nSPS) is 19.3.